The summed E-state index contributed by atoms with van der Waals surface area (Å²) < 4.78 is 31.6. The number of nitrogens with zero attached hydrogens (tertiary/aromatic N) is 1. The first-order valence-corrected chi connectivity index (χ1v) is 10.8. The molecule has 1 amide bonds. The Morgan fingerprint density at radius 3 is 2.75 bits per heavy atom. The smallest absolute Gasteiger partial charge is 0.243 e. The van der Waals surface area contributed by atoms with Crippen molar-refractivity contribution >= 4 is 27.5 Å². The molecule has 0 saturated carbocycles. The topological polar surface area (TPSA) is 75.7 Å². The number of ether oxygens (including phenoxy) is 1. The summed E-state index contributed by atoms with van der Waals surface area (Å²) in [7, 11) is -1.02. The summed E-state index contributed by atoms with van der Waals surface area (Å²) in [5, 5.41) is 3.16. The van der Waals surface area contributed by atoms with Crippen LogP contribution >= 0.6 is 11.6 Å². The summed E-state index contributed by atoms with van der Waals surface area (Å²) in [5.74, 6) is 0.0457. The van der Waals surface area contributed by atoms with Gasteiger partial charge in [-0.05, 0) is 48.6 Å². The number of rotatable bonds is 6. The van der Waals surface area contributed by atoms with Gasteiger partial charge in [-0.3, -0.25) is 4.79 Å². The Bertz CT molecular complexity index is 978. The summed E-state index contributed by atoms with van der Waals surface area (Å²) in [4.78, 5) is 12.5. The van der Waals surface area contributed by atoms with Gasteiger partial charge in [0.1, 0.15) is 5.75 Å². The minimum atomic E-state index is -3.85. The average Bonchev–Trinajstić information content (AvgIpc) is 2.68. The standard InChI is InChI=1S/C20H23ClN2O4S/c1-23(28(25,26)15-10-11-19(27-2)17(21)12-15)13-20(24)22-18-9-5-7-14-6-3-4-8-16(14)18/h3-4,6,8,10-12,18H,5,7,9,13H2,1-2H3,(H,22,24). The lowest BCUT2D eigenvalue weighted by Gasteiger charge is -2.27. The van der Waals surface area contributed by atoms with Gasteiger partial charge in [0.05, 0.1) is 29.6 Å². The van der Waals surface area contributed by atoms with E-state index in [1.807, 2.05) is 18.2 Å². The van der Waals surface area contributed by atoms with Crippen LogP contribution in [-0.4, -0.2) is 39.3 Å². The molecular weight excluding hydrogens is 400 g/mol. The Labute approximate surface area is 170 Å². The summed E-state index contributed by atoms with van der Waals surface area (Å²) in [5.41, 5.74) is 2.34. The third-order valence-corrected chi connectivity index (χ3v) is 7.00. The molecule has 0 saturated heterocycles. The zero-order valence-electron chi connectivity index (χ0n) is 15.8. The molecule has 0 fully saturated rings. The van der Waals surface area contributed by atoms with Crippen molar-refractivity contribution in [2.75, 3.05) is 20.7 Å². The first kappa shape index (κ1) is 20.6. The minimum Gasteiger partial charge on any atom is -0.495 e. The third-order valence-electron chi connectivity index (χ3n) is 4.90. The Hall–Kier alpha value is -2.09. The first-order valence-electron chi connectivity index (χ1n) is 9.00. The van der Waals surface area contributed by atoms with Gasteiger partial charge in [-0.15, -0.1) is 0 Å². The molecule has 0 heterocycles. The molecule has 0 aromatic heterocycles. The number of fused-ring (bicyclic) bond motifs is 1. The van der Waals surface area contributed by atoms with Crippen LogP contribution in [0.25, 0.3) is 0 Å². The number of nitrogens with one attached hydrogen (secondary N) is 1. The van der Waals surface area contributed by atoms with Crippen molar-refractivity contribution in [3.8, 4) is 5.75 Å². The number of hydrogen-bond donors (Lipinski definition) is 1. The molecule has 0 radical (unpaired) electrons. The van der Waals surface area contributed by atoms with Crippen LogP contribution in [0, 0.1) is 0 Å². The van der Waals surface area contributed by atoms with E-state index in [1.165, 1.54) is 37.9 Å². The highest BCUT2D eigenvalue weighted by atomic mass is 35.5. The van der Waals surface area contributed by atoms with E-state index in [9.17, 15) is 13.2 Å². The largest absolute Gasteiger partial charge is 0.495 e. The van der Waals surface area contributed by atoms with E-state index in [1.54, 1.807) is 0 Å². The maximum absolute atomic E-state index is 12.8. The van der Waals surface area contributed by atoms with Crippen molar-refractivity contribution in [3.05, 3.63) is 58.6 Å². The zero-order valence-corrected chi connectivity index (χ0v) is 17.4. The maximum atomic E-state index is 12.8. The molecule has 1 aliphatic rings. The Morgan fingerprint density at radius 2 is 2.04 bits per heavy atom. The summed E-state index contributed by atoms with van der Waals surface area (Å²) in [6.07, 6.45) is 2.82. The number of methoxy groups -OCH3 is 1. The summed E-state index contributed by atoms with van der Waals surface area (Å²) in [6.45, 7) is -0.273. The molecule has 28 heavy (non-hydrogen) atoms. The Balaban J connectivity index is 1.69. The molecule has 0 spiro atoms. The second kappa shape index (κ2) is 8.51. The number of carbonyl (C=O) groups excluding carboxylic acids is 1. The van der Waals surface area contributed by atoms with Crippen LogP contribution in [0.15, 0.2) is 47.4 Å². The molecule has 1 aliphatic carbocycles. The fourth-order valence-electron chi connectivity index (χ4n) is 3.42. The number of aryl methyl sites for hydroxylation is 1. The molecule has 0 bridgehead atoms. The number of hydrogen-bond acceptors (Lipinski definition) is 4. The van der Waals surface area contributed by atoms with E-state index >= 15 is 0 Å². The van der Waals surface area contributed by atoms with Gasteiger partial charge < -0.3 is 10.1 Å². The molecule has 1 atom stereocenters. The molecule has 6 nitrogen and oxygen atoms in total. The maximum Gasteiger partial charge on any atom is 0.243 e. The molecule has 8 heteroatoms. The van der Waals surface area contributed by atoms with E-state index in [4.69, 9.17) is 16.3 Å². The van der Waals surface area contributed by atoms with Gasteiger partial charge in [0.15, 0.2) is 0 Å². The first-order chi connectivity index (χ1) is 13.3. The van der Waals surface area contributed by atoms with E-state index in [2.05, 4.69) is 11.4 Å². The molecule has 1 N–H and O–H groups in total. The summed E-state index contributed by atoms with van der Waals surface area (Å²) >= 11 is 6.04. The Morgan fingerprint density at radius 1 is 1.29 bits per heavy atom. The molecule has 0 aliphatic heterocycles. The van der Waals surface area contributed by atoms with Crippen LogP contribution in [0.4, 0.5) is 0 Å². The lowest BCUT2D eigenvalue weighted by atomic mass is 9.88. The van der Waals surface area contributed by atoms with Crippen LogP contribution < -0.4 is 10.1 Å². The van der Waals surface area contributed by atoms with Crippen molar-refractivity contribution in [3.63, 3.8) is 0 Å². The minimum absolute atomic E-state index is 0.0108. The van der Waals surface area contributed by atoms with Gasteiger partial charge in [-0.2, -0.15) is 4.31 Å². The molecular formula is C20H23ClN2O4S. The SMILES string of the molecule is COc1ccc(S(=O)(=O)N(C)CC(=O)NC2CCCc3ccccc32)cc1Cl. The lowest BCUT2D eigenvalue weighted by molar-refractivity contribution is -0.122. The van der Waals surface area contributed by atoms with Gasteiger partial charge in [0.2, 0.25) is 15.9 Å². The number of likely N-dealkylation sites (N-methyl/N-ethyl adjacent to an activating group) is 1. The summed E-state index contributed by atoms with van der Waals surface area (Å²) in [6, 6.07) is 12.1. The van der Waals surface area contributed by atoms with Gasteiger partial charge in [-0.1, -0.05) is 35.9 Å². The molecule has 2 aromatic carbocycles. The van der Waals surface area contributed by atoms with E-state index in [0.29, 0.717) is 5.75 Å². The molecule has 150 valence electrons. The molecule has 2 aromatic rings. The van der Waals surface area contributed by atoms with Gasteiger partial charge in [0.25, 0.3) is 0 Å². The highest BCUT2D eigenvalue weighted by Gasteiger charge is 2.26. The van der Waals surface area contributed by atoms with Gasteiger partial charge in [0, 0.05) is 7.05 Å². The molecule has 3 rings (SSSR count). The average molecular weight is 423 g/mol. The van der Waals surface area contributed by atoms with E-state index < -0.39 is 10.0 Å². The Kier molecular flexibility index (Phi) is 6.27. The van der Waals surface area contributed by atoms with Crippen LogP contribution in [0.1, 0.15) is 30.0 Å². The fourth-order valence-corrected chi connectivity index (χ4v) is 4.89. The second-order valence-electron chi connectivity index (χ2n) is 6.77. The van der Waals surface area contributed by atoms with Crippen molar-refractivity contribution in [1.29, 1.82) is 0 Å². The highest BCUT2D eigenvalue weighted by molar-refractivity contribution is 7.89. The second-order valence-corrected chi connectivity index (χ2v) is 9.22. The predicted octanol–water partition coefficient (Wildman–Crippen LogP) is 3.16. The predicted molar refractivity (Wildman–Crippen MR) is 108 cm³/mol. The number of carbonyl (C=O) groups is 1. The van der Waals surface area contributed by atoms with E-state index in [0.717, 1.165) is 29.1 Å². The van der Waals surface area contributed by atoms with Crippen molar-refractivity contribution in [1.82, 2.24) is 9.62 Å². The third kappa shape index (κ3) is 4.32. The van der Waals surface area contributed by atoms with Crippen LogP contribution in [0.5, 0.6) is 5.75 Å². The monoisotopic (exact) mass is 422 g/mol. The van der Waals surface area contributed by atoms with Crippen molar-refractivity contribution in [2.24, 2.45) is 0 Å². The number of amides is 1. The van der Waals surface area contributed by atoms with Crippen LogP contribution in [0.3, 0.4) is 0 Å². The van der Waals surface area contributed by atoms with Gasteiger partial charge in [-0.25, -0.2) is 8.42 Å². The quantitative estimate of drug-likeness (QED) is 0.775. The lowest BCUT2D eigenvalue weighted by Crippen LogP contribution is -2.40. The zero-order chi connectivity index (χ0) is 20.3. The van der Waals surface area contributed by atoms with Crippen LogP contribution in [0.2, 0.25) is 5.02 Å². The van der Waals surface area contributed by atoms with Crippen LogP contribution in [-0.2, 0) is 21.2 Å². The number of sulfonamides is 1. The van der Waals surface area contributed by atoms with Crippen molar-refractivity contribution < 1.29 is 17.9 Å². The highest BCUT2D eigenvalue weighted by Crippen LogP contribution is 2.30. The number of halogens is 1. The van der Waals surface area contributed by atoms with Crippen molar-refractivity contribution in [2.45, 2.75) is 30.2 Å². The normalized spacial score (nSPS) is 16.5. The molecule has 1 unspecified atom stereocenters. The number of benzene rings is 2. The fraction of sp³-hybridized carbons (Fsp3) is 0.350. The van der Waals surface area contributed by atoms with Gasteiger partial charge >= 0.3 is 0 Å². The van der Waals surface area contributed by atoms with E-state index in [-0.39, 0.29) is 28.4 Å².